The van der Waals surface area contributed by atoms with E-state index in [0.717, 1.165) is 11.1 Å². The Bertz CT molecular complexity index is 614. The zero-order chi connectivity index (χ0) is 13.3. The van der Waals surface area contributed by atoms with Crippen LogP contribution in [0, 0.1) is 13.8 Å². The molecule has 2 aromatic carbocycles. The monoisotopic (exact) mass is 258 g/mol. The van der Waals surface area contributed by atoms with Crippen molar-refractivity contribution in [3.63, 3.8) is 0 Å². The first-order chi connectivity index (χ1) is 8.49. The second-order valence-electron chi connectivity index (χ2n) is 4.55. The third kappa shape index (κ3) is 2.46. The Balaban J connectivity index is 2.48. The molecule has 2 aromatic rings. The molecule has 2 rings (SSSR count). The number of halogens is 1. The maximum Gasteiger partial charge on any atom is 0.161 e. The molecule has 0 aliphatic carbocycles. The topological polar surface area (TPSA) is 17.1 Å². The van der Waals surface area contributed by atoms with Crippen LogP contribution in [0.1, 0.15) is 28.4 Å². The summed E-state index contributed by atoms with van der Waals surface area (Å²) in [5.74, 6) is -0.00774. The number of rotatable bonds is 2. The van der Waals surface area contributed by atoms with Crippen molar-refractivity contribution in [2.24, 2.45) is 0 Å². The quantitative estimate of drug-likeness (QED) is 0.706. The van der Waals surface area contributed by atoms with E-state index < -0.39 is 0 Å². The van der Waals surface area contributed by atoms with E-state index in [4.69, 9.17) is 11.6 Å². The van der Waals surface area contributed by atoms with Crippen LogP contribution in [-0.2, 0) is 0 Å². The summed E-state index contributed by atoms with van der Waals surface area (Å²) >= 11 is 6.12. The summed E-state index contributed by atoms with van der Waals surface area (Å²) in [4.78, 5) is 11.3. The van der Waals surface area contributed by atoms with Crippen LogP contribution in [-0.4, -0.2) is 5.78 Å². The highest BCUT2D eigenvalue weighted by Crippen LogP contribution is 2.27. The molecule has 1 nitrogen and oxygen atoms in total. The number of carbonyl (C=O) groups is 1. The van der Waals surface area contributed by atoms with Gasteiger partial charge in [-0.15, -0.1) is 0 Å². The molecule has 0 heterocycles. The van der Waals surface area contributed by atoms with Gasteiger partial charge in [0.25, 0.3) is 0 Å². The van der Waals surface area contributed by atoms with E-state index in [9.17, 15) is 4.79 Å². The summed E-state index contributed by atoms with van der Waals surface area (Å²) in [7, 11) is 0. The average Bonchev–Trinajstić information content (AvgIpc) is 2.32. The van der Waals surface area contributed by atoms with Crippen molar-refractivity contribution in [2.75, 3.05) is 0 Å². The number of carbonyl (C=O) groups excluding carboxylic acids is 1. The molecule has 0 spiro atoms. The Morgan fingerprint density at radius 3 is 2.11 bits per heavy atom. The number of benzene rings is 2. The van der Waals surface area contributed by atoms with E-state index in [0.29, 0.717) is 10.6 Å². The second-order valence-corrected chi connectivity index (χ2v) is 4.96. The normalized spacial score (nSPS) is 10.4. The van der Waals surface area contributed by atoms with Crippen molar-refractivity contribution in [3.05, 3.63) is 58.1 Å². The Morgan fingerprint density at radius 1 is 0.944 bits per heavy atom. The van der Waals surface area contributed by atoms with Crippen LogP contribution in [0.2, 0.25) is 5.02 Å². The van der Waals surface area contributed by atoms with Crippen LogP contribution in [0.15, 0.2) is 36.4 Å². The van der Waals surface area contributed by atoms with Gasteiger partial charge in [0.2, 0.25) is 0 Å². The summed E-state index contributed by atoms with van der Waals surface area (Å²) in [5, 5.41) is 0.512. The molecule has 18 heavy (non-hydrogen) atoms. The molecule has 0 fully saturated rings. The molecule has 0 radical (unpaired) electrons. The molecule has 0 N–H and O–H groups in total. The lowest BCUT2D eigenvalue weighted by molar-refractivity contribution is 0.101. The van der Waals surface area contributed by atoms with Crippen molar-refractivity contribution < 1.29 is 4.79 Å². The van der Waals surface area contributed by atoms with E-state index in [2.05, 4.69) is 32.0 Å². The Hall–Kier alpha value is -1.60. The minimum Gasteiger partial charge on any atom is -0.294 e. The Kier molecular flexibility index (Phi) is 3.53. The summed E-state index contributed by atoms with van der Waals surface area (Å²) in [6, 6.07) is 11.9. The zero-order valence-corrected chi connectivity index (χ0v) is 11.5. The first kappa shape index (κ1) is 12.8. The largest absolute Gasteiger partial charge is 0.294 e. The number of ketones is 1. The van der Waals surface area contributed by atoms with Gasteiger partial charge in [0.05, 0.1) is 5.02 Å². The van der Waals surface area contributed by atoms with E-state index in [-0.39, 0.29) is 5.78 Å². The van der Waals surface area contributed by atoms with Crippen molar-refractivity contribution >= 4 is 17.4 Å². The molecule has 0 aliphatic rings. The van der Waals surface area contributed by atoms with Crippen molar-refractivity contribution in [2.45, 2.75) is 20.8 Å². The molecular weight excluding hydrogens is 244 g/mol. The maximum absolute atomic E-state index is 11.3. The van der Waals surface area contributed by atoms with Crippen molar-refractivity contribution in [3.8, 4) is 11.1 Å². The maximum atomic E-state index is 11.3. The highest BCUT2D eigenvalue weighted by molar-refractivity contribution is 6.34. The molecule has 0 unspecified atom stereocenters. The highest BCUT2D eigenvalue weighted by Gasteiger charge is 2.07. The molecule has 0 aliphatic heterocycles. The van der Waals surface area contributed by atoms with Crippen molar-refractivity contribution in [1.29, 1.82) is 0 Å². The summed E-state index contributed by atoms with van der Waals surface area (Å²) in [6.45, 7) is 5.70. The summed E-state index contributed by atoms with van der Waals surface area (Å²) in [6.07, 6.45) is 0. The SMILES string of the molecule is CC(=O)c1ccc(-c2ccc(C)c(C)c2)cc1Cl. The fourth-order valence-corrected chi connectivity index (χ4v) is 2.21. The molecular formula is C16H15ClO. The highest BCUT2D eigenvalue weighted by atomic mass is 35.5. The fourth-order valence-electron chi connectivity index (χ4n) is 1.90. The number of aryl methyl sites for hydroxylation is 2. The Morgan fingerprint density at radius 2 is 1.56 bits per heavy atom. The lowest BCUT2D eigenvalue weighted by Crippen LogP contribution is -1.93. The first-order valence-electron chi connectivity index (χ1n) is 5.87. The predicted molar refractivity (Wildman–Crippen MR) is 76.4 cm³/mol. The second kappa shape index (κ2) is 4.95. The summed E-state index contributed by atoms with van der Waals surface area (Å²) in [5.41, 5.74) is 5.25. The van der Waals surface area contributed by atoms with E-state index in [1.165, 1.54) is 18.1 Å². The smallest absolute Gasteiger partial charge is 0.161 e. The third-order valence-corrected chi connectivity index (χ3v) is 3.50. The van der Waals surface area contributed by atoms with Gasteiger partial charge >= 0.3 is 0 Å². The van der Waals surface area contributed by atoms with Gasteiger partial charge in [-0.25, -0.2) is 0 Å². The van der Waals surface area contributed by atoms with Gasteiger partial charge < -0.3 is 0 Å². The molecule has 2 heteroatoms. The molecule has 0 aromatic heterocycles. The molecule has 0 atom stereocenters. The number of hydrogen-bond acceptors (Lipinski definition) is 1. The standard InChI is InChI=1S/C16H15ClO/c1-10-4-5-13(8-11(10)2)14-6-7-15(12(3)18)16(17)9-14/h4-9H,1-3H3. The first-order valence-corrected chi connectivity index (χ1v) is 6.25. The predicted octanol–water partition coefficient (Wildman–Crippen LogP) is 4.83. The minimum atomic E-state index is -0.00774. The average molecular weight is 259 g/mol. The van der Waals surface area contributed by atoms with Crippen LogP contribution < -0.4 is 0 Å². The van der Waals surface area contributed by atoms with Gasteiger partial charge in [0.15, 0.2) is 5.78 Å². The number of Topliss-reactive ketones (excluding diaryl/α,β-unsaturated/α-hetero) is 1. The molecule has 0 saturated heterocycles. The van der Waals surface area contributed by atoms with Crippen molar-refractivity contribution in [1.82, 2.24) is 0 Å². The van der Waals surface area contributed by atoms with Gasteiger partial charge in [0.1, 0.15) is 0 Å². The van der Waals surface area contributed by atoms with Gasteiger partial charge in [-0.1, -0.05) is 35.9 Å². The van der Waals surface area contributed by atoms with E-state index in [1.807, 2.05) is 12.1 Å². The third-order valence-electron chi connectivity index (χ3n) is 3.19. The molecule has 0 saturated carbocycles. The summed E-state index contributed by atoms with van der Waals surface area (Å²) < 4.78 is 0. The van der Waals surface area contributed by atoms with Crippen LogP contribution in [0.5, 0.6) is 0 Å². The van der Waals surface area contributed by atoms with Crippen LogP contribution >= 0.6 is 11.6 Å². The van der Waals surface area contributed by atoms with Crippen LogP contribution in [0.4, 0.5) is 0 Å². The lowest BCUT2D eigenvalue weighted by Gasteiger charge is -2.07. The molecule has 0 amide bonds. The minimum absolute atomic E-state index is 0.00774. The van der Waals surface area contributed by atoms with Gasteiger partial charge in [-0.2, -0.15) is 0 Å². The van der Waals surface area contributed by atoms with E-state index >= 15 is 0 Å². The molecule has 0 bridgehead atoms. The van der Waals surface area contributed by atoms with Crippen LogP contribution in [0.3, 0.4) is 0 Å². The van der Waals surface area contributed by atoms with Gasteiger partial charge in [-0.3, -0.25) is 4.79 Å². The lowest BCUT2D eigenvalue weighted by atomic mass is 9.99. The van der Waals surface area contributed by atoms with Gasteiger partial charge in [0, 0.05) is 5.56 Å². The zero-order valence-electron chi connectivity index (χ0n) is 10.8. The fraction of sp³-hybridized carbons (Fsp3) is 0.188. The number of hydrogen-bond donors (Lipinski definition) is 0. The van der Waals surface area contributed by atoms with E-state index in [1.54, 1.807) is 6.07 Å². The van der Waals surface area contributed by atoms with Crippen LogP contribution in [0.25, 0.3) is 11.1 Å². The Labute approximate surface area is 112 Å². The van der Waals surface area contributed by atoms with Gasteiger partial charge in [-0.05, 0) is 55.2 Å². The molecule has 92 valence electrons.